The Bertz CT molecular complexity index is 560. The molecule has 2 aromatic rings. The summed E-state index contributed by atoms with van der Waals surface area (Å²) in [6, 6.07) is 15.0. The third-order valence-corrected chi connectivity index (χ3v) is 3.24. The van der Waals surface area contributed by atoms with E-state index >= 15 is 0 Å². The highest BCUT2D eigenvalue weighted by Gasteiger charge is 2.07. The lowest BCUT2D eigenvalue weighted by atomic mass is 10.00. The van der Waals surface area contributed by atoms with Crippen LogP contribution in [-0.4, -0.2) is 19.0 Å². The molecule has 0 fully saturated rings. The summed E-state index contributed by atoms with van der Waals surface area (Å²) in [5, 5.41) is 8.76. The Labute approximate surface area is 114 Å². The highest BCUT2D eigenvalue weighted by Crippen LogP contribution is 2.23. The SMILES string of the molecule is CC(=O)NCCNC(C)c1cccc2ccccc12. The maximum Gasteiger partial charge on any atom is 0.216 e. The largest absolute Gasteiger partial charge is 0.355 e. The molecule has 2 N–H and O–H groups in total. The average molecular weight is 256 g/mol. The van der Waals surface area contributed by atoms with Gasteiger partial charge in [-0.2, -0.15) is 0 Å². The molecule has 0 bridgehead atoms. The lowest BCUT2D eigenvalue weighted by Crippen LogP contribution is -2.31. The second kappa shape index (κ2) is 6.34. The van der Waals surface area contributed by atoms with Crippen molar-refractivity contribution in [3.05, 3.63) is 48.0 Å². The van der Waals surface area contributed by atoms with Crippen molar-refractivity contribution >= 4 is 16.7 Å². The molecule has 3 heteroatoms. The van der Waals surface area contributed by atoms with E-state index in [1.165, 1.54) is 23.3 Å². The Morgan fingerprint density at radius 1 is 1.11 bits per heavy atom. The quantitative estimate of drug-likeness (QED) is 0.807. The van der Waals surface area contributed by atoms with Gasteiger partial charge in [-0.3, -0.25) is 4.79 Å². The second-order valence-corrected chi connectivity index (χ2v) is 4.73. The van der Waals surface area contributed by atoms with Crippen LogP contribution >= 0.6 is 0 Å². The van der Waals surface area contributed by atoms with Gasteiger partial charge in [0.15, 0.2) is 0 Å². The number of nitrogens with one attached hydrogen (secondary N) is 2. The molecular weight excluding hydrogens is 236 g/mol. The van der Waals surface area contributed by atoms with E-state index in [0.29, 0.717) is 6.54 Å². The molecule has 0 aliphatic heterocycles. The predicted molar refractivity (Wildman–Crippen MR) is 79.0 cm³/mol. The molecule has 0 aromatic heterocycles. The summed E-state index contributed by atoms with van der Waals surface area (Å²) in [6.07, 6.45) is 0. The van der Waals surface area contributed by atoms with Crippen molar-refractivity contribution in [2.45, 2.75) is 19.9 Å². The molecule has 19 heavy (non-hydrogen) atoms. The van der Waals surface area contributed by atoms with Crippen LogP contribution in [0.4, 0.5) is 0 Å². The number of rotatable bonds is 5. The van der Waals surface area contributed by atoms with E-state index in [4.69, 9.17) is 0 Å². The van der Waals surface area contributed by atoms with Crippen molar-refractivity contribution in [3.8, 4) is 0 Å². The summed E-state index contributed by atoms with van der Waals surface area (Å²) in [7, 11) is 0. The fourth-order valence-electron chi connectivity index (χ4n) is 2.27. The fraction of sp³-hybridized carbons (Fsp3) is 0.312. The Balaban J connectivity index is 2.05. The van der Waals surface area contributed by atoms with Gasteiger partial charge in [0.05, 0.1) is 0 Å². The van der Waals surface area contributed by atoms with E-state index < -0.39 is 0 Å². The zero-order valence-corrected chi connectivity index (χ0v) is 11.4. The van der Waals surface area contributed by atoms with Crippen LogP contribution in [0.2, 0.25) is 0 Å². The van der Waals surface area contributed by atoms with Gasteiger partial charge in [-0.1, -0.05) is 42.5 Å². The molecule has 0 heterocycles. The molecule has 0 radical (unpaired) electrons. The molecule has 2 rings (SSSR count). The summed E-state index contributed by atoms with van der Waals surface area (Å²) < 4.78 is 0. The van der Waals surface area contributed by atoms with E-state index in [2.05, 4.69) is 60.0 Å². The number of amides is 1. The molecule has 0 saturated carbocycles. The molecule has 0 spiro atoms. The van der Waals surface area contributed by atoms with Crippen LogP contribution in [0, 0.1) is 0 Å². The first kappa shape index (κ1) is 13.6. The molecule has 1 atom stereocenters. The number of hydrogen-bond donors (Lipinski definition) is 2. The van der Waals surface area contributed by atoms with Crippen molar-refractivity contribution < 1.29 is 4.79 Å². The van der Waals surface area contributed by atoms with Gasteiger partial charge >= 0.3 is 0 Å². The lowest BCUT2D eigenvalue weighted by Gasteiger charge is -2.16. The summed E-state index contributed by atoms with van der Waals surface area (Å²) in [4.78, 5) is 10.8. The van der Waals surface area contributed by atoms with Gasteiger partial charge in [-0.15, -0.1) is 0 Å². The van der Waals surface area contributed by atoms with Gasteiger partial charge in [-0.25, -0.2) is 0 Å². The van der Waals surface area contributed by atoms with Crippen LogP contribution in [0.15, 0.2) is 42.5 Å². The molecule has 2 aromatic carbocycles. The first-order valence-electron chi connectivity index (χ1n) is 6.64. The van der Waals surface area contributed by atoms with Crippen molar-refractivity contribution in [1.82, 2.24) is 10.6 Å². The minimum Gasteiger partial charge on any atom is -0.355 e. The number of benzene rings is 2. The van der Waals surface area contributed by atoms with Crippen LogP contribution in [0.25, 0.3) is 10.8 Å². The first-order valence-corrected chi connectivity index (χ1v) is 6.64. The van der Waals surface area contributed by atoms with E-state index in [-0.39, 0.29) is 11.9 Å². The van der Waals surface area contributed by atoms with Gasteiger partial charge in [0.2, 0.25) is 5.91 Å². The summed E-state index contributed by atoms with van der Waals surface area (Å²) in [6.45, 7) is 5.11. The monoisotopic (exact) mass is 256 g/mol. The van der Waals surface area contributed by atoms with Crippen molar-refractivity contribution in [2.24, 2.45) is 0 Å². The van der Waals surface area contributed by atoms with Crippen molar-refractivity contribution in [2.75, 3.05) is 13.1 Å². The van der Waals surface area contributed by atoms with Gasteiger partial charge < -0.3 is 10.6 Å². The van der Waals surface area contributed by atoms with Crippen LogP contribution in [0.3, 0.4) is 0 Å². The Morgan fingerprint density at radius 2 is 1.84 bits per heavy atom. The van der Waals surface area contributed by atoms with E-state index in [1.54, 1.807) is 0 Å². The van der Waals surface area contributed by atoms with E-state index in [1.807, 2.05) is 0 Å². The van der Waals surface area contributed by atoms with E-state index in [9.17, 15) is 4.79 Å². The molecule has 0 aliphatic rings. The molecule has 100 valence electrons. The number of carbonyl (C=O) groups is 1. The highest BCUT2D eigenvalue weighted by atomic mass is 16.1. The normalized spacial score (nSPS) is 12.3. The zero-order valence-electron chi connectivity index (χ0n) is 11.4. The zero-order chi connectivity index (χ0) is 13.7. The summed E-state index contributed by atoms with van der Waals surface area (Å²) >= 11 is 0. The Morgan fingerprint density at radius 3 is 2.63 bits per heavy atom. The predicted octanol–water partition coefficient (Wildman–Crippen LogP) is 2.63. The average Bonchev–Trinajstić information content (AvgIpc) is 2.42. The smallest absolute Gasteiger partial charge is 0.216 e. The number of fused-ring (bicyclic) bond motifs is 1. The Hall–Kier alpha value is -1.87. The summed E-state index contributed by atoms with van der Waals surface area (Å²) in [5.74, 6) is 0.0135. The van der Waals surface area contributed by atoms with Crippen molar-refractivity contribution in [1.29, 1.82) is 0 Å². The van der Waals surface area contributed by atoms with E-state index in [0.717, 1.165) is 6.54 Å². The molecular formula is C16H20N2O. The van der Waals surface area contributed by atoms with Gasteiger partial charge in [0.25, 0.3) is 0 Å². The van der Waals surface area contributed by atoms with Gasteiger partial charge in [-0.05, 0) is 23.3 Å². The Kier molecular flexibility index (Phi) is 4.53. The first-order chi connectivity index (χ1) is 9.18. The maximum absolute atomic E-state index is 10.8. The molecule has 1 unspecified atom stereocenters. The number of carbonyl (C=O) groups excluding carboxylic acids is 1. The highest BCUT2D eigenvalue weighted by molar-refractivity contribution is 5.86. The minimum atomic E-state index is 0.0135. The molecule has 3 nitrogen and oxygen atoms in total. The molecule has 1 amide bonds. The molecule has 0 saturated heterocycles. The lowest BCUT2D eigenvalue weighted by molar-refractivity contribution is -0.118. The summed E-state index contributed by atoms with van der Waals surface area (Å²) in [5.41, 5.74) is 1.29. The van der Waals surface area contributed by atoms with Crippen LogP contribution < -0.4 is 10.6 Å². The molecule has 0 aliphatic carbocycles. The third kappa shape index (κ3) is 3.55. The fourth-order valence-corrected chi connectivity index (χ4v) is 2.27. The topological polar surface area (TPSA) is 41.1 Å². The van der Waals surface area contributed by atoms with Gasteiger partial charge in [0.1, 0.15) is 0 Å². The third-order valence-electron chi connectivity index (χ3n) is 3.24. The van der Waals surface area contributed by atoms with Crippen molar-refractivity contribution in [3.63, 3.8) is 0 Å². The van der Waals surface area contributed by atoms with Crippen LogP contribution in [-0.2, 0) is 4.79 Å². The van der Waals surface area contributed by atoms with Gasteiger partial charge in [0, 0.05) is 26.1 Å². The van der Waals surface area contributed by atoms with Crippen LogP contribution in [0.1, 0.15) is 25.5 Å². The maximum atomic E-state index is 10.8. The number of hydrogen-bond acceptors (Lipinski definition) is 2. The standard InChI is InChI=1S/C16H20N2O/c1-12(17-10-11-18-13(2)19)15-9-5-7-14-6-3-4-8-16(14)15/h3-9,12,17H,10-11H2,1-2H3,(H,18,19). The van der Waals surface area contributed by atoms with Crippen LogP contribution in [0.5, 0.6) is 0 Å². The minimum absolute atomic E-state index is 0.0135. The second-order valence-electron chi connectivity index (χ2n) is 4.73.